The quantitative estimate of drug-likeness (QED) is 0.785. The van der Waals surface area contributed by atoms with Gasteiger partial charge in [0.2, 0.25) is 0 Å². The molecule has 1 heterocycles. The lowest BCUT2D eigenvalue weighted by molar-refractivity contribution is 0.300. The number of nitrogen functional groups attached to an aromatic ring is 1. The van der Waals surface area contributed by atoms with Crippen LogP contribution in [0.4, 0.5) is 5.69 Å². The lowest BCUT2D eigenvalue weighted by Crippen LogP contribution is -1.99. The summed E-state index contributed by atoms with van der Waals surface area (Å²) >= 11 is 3.60. The molecule has 0 radical (unpaired) electrons. The predicted octanol–water partition coefficient (Wildman–Crippen LogP) is 4.16. The van der Waals surface area contributed by atoms with E-state index in [1.807, 2.05) is 30.3 Å². The van der Waals surface area contributed by atoms with Gasteiger partial charge in [0.15, 0.2) is 0 Å². The van der Waals surface area contributed by atoms with E-state index >= 15 is 0 Å². The van der Waals surface area contributed by atoms with Crippen LogP contribution in [0.2, 0.25) is 0 Å². The predicted molar refractivity (Wildman–Crippen MR) is 84.6 cm³/mol. The van der Waals surface area contributed by atoms with Gasteiger partial charge in [0, 0.05) is 11.9 Å². The summed E-state index contributed by atoms with van der Waals surface area (Å²) < 4.78 is 6.78. The standard InChI is InChI=1S/C16H13BrN2O/c17-16-14-4-2-1-3-11(14)5-6-15(16)20-10-13-9-12(18)7-8-19-13/h1-9H,10H2,(H2,18,19). The molecular formula is C16H13BrN2O. The molecule has 0 amide bonds. The number of nitrogens with zero attached hydrogens (tertiary/aromatic N) is 1. The molecule has 0 aliphatic rings. The number of hydrogen-bond donors (Lipinski definition) is 1. The number of fused-ring (bicyclic) bond motifs is 1. The third-order valence-electron chi connectivity index (χ3n) is 3.04. The number of pyridine rings is 1. The third-order valence-corrected chi connectivity index (χ3v) is 3.86. The highest BCUT2D eigenvalue weighted by atomic mass is 79.9. The second kappa shape index (κ2) is 5.51. The van der Waals surface area contributed by atoms with E-state index in [-0.39, 0.29) is 0 Å². The fourth-order valence-corrected chi connectivity index (χ4v) is 2.66. The fraction of sp³-hybridized carbons (Fsp3) is 0.0625. The summed E-state index contributed by atoms with van der Waals surface area (Å²) in [5.74, 6) is 0.799. The van der Waals surface area contributed by atoms with Crippen molar-refractivity contribution >= 4 is 32.4 Å². The van der Waals surface area contributed by atoms with Crippen molar-refractivity contribution in [1.82, 2.24) is 4.98 Å². The summed E-state index contributed by atoms with van der Waals surface area (Å²) in [7, 11) is 0. The minimum Gasteiger partial charge on any atom is -0.486 e. The van der Waals surface area contributed by atoms with Crippen molar-refractivity contribution in [2.75, 3.05) is 5.73 Å². The maximum Gasteiger partial charge on any atom is 0.134 e. The Morgan fingerprint density at radius 2 is 1.95 bits per heavy atom. The van der Waals surface area contributed by atoms with Crippen molar-refractivity contribution in [1.29, 1.82) is 0 Å². The van der Waals surface area contributed by atoms with Crippen LogP contribution >= 0.6 is 15.9 Å². The van der Waals surface area contributed by atoms with Crippen LogP contribution in [0, 0.1) is 0 Å². The summed E-state index contributed by atoms with van der Waals surface area (Å²) in [6, 6.07) is 15.7. The Balaban J connectivity index is 1.86. The van der Waals surface area contributed by atoms with Crippen LogP contribution in [-0.4, -0.2) is 4.98 Å². The Hall–Kier alpha value is -2.07. The SMILES string of the molecule is Nc1ccnc(COc2ccc3ccccc3c2Br)c1. The van der Waals surface area contributed by atoms with Crippen LogP contribution < -0.4 is 10.5 Å². The van der Waals surface area contributed by atoms with E-state index in [1.165, 1.54) is 5.39 Å². The lowest BCUT2D eigenvalue weighted by Gasteiger charge is -2.10. The molecule has 0 aliphatic heterocycles. The minimum atomic E-state index is 0.391. The Bertz CT molecular complexity index is 758. The van der Waals surface area contributed by atoms with Gasteiger partial charge in [-0.15, -0.1) is 0 Å². The first-order valence-corrected chi connectivity index (χ1v) is 7.04. The third kappa shape index (κ3) is 2.60. The van der Waals surface area contributed by atoms with E-state index < -0.39 is 0 Å². The summed E-state index contributed by atoms with van der Waals surface area (Å²) in [6.45, 7) is 0.391. The van der Waals surface area contributed by atoms with Gasteiger partial charge in [0.05, 0.1) is 10.2 Å². The van der Waals surface area contributed by atoms with Crippen LogP contribution in [0.3, 0.4) is 0 Å². The molecular weight excluding hydrogens is 316 g/mol. The van der Waals surface area contributed by atoms with Crippen LogP contribution in [0.1, 0.15) is 5.69 Å². The summed E-state index contributed by atoms with van der Waals surface area (Å²) in [4.78, 5) is 4.23. The first kappa shape index (κ1) is 12.9. The van der Waals surface area contributed by atoms with Crippen molar-refractivity contribution in [2.24, 2.45) is 0 Å². The Morgan fingerprint density at radius 1 is 1.10 bits per heavy atom. The molecule has 0 unspecified atom stereocenters. The molecule has 100 valence electrons. The Morgan fingerprint density at radius 3 is 2.80 bits per heavy atom. The van der Waals surface area contributed by atoms with Crippen LogP contribution in [0.25, 0.3) is 10.8 Å². The van der Waals surface area contributed by atoms with Crippen molar-refractivity contribution in [3.05, 3.63) is 64.9 Å². The summed E-state index contributed by atoms with van der Waals surface area (Å²) in [5.41, 5.74) is 7.23. The van der Waals surface area contributed by atoms with Gasteiger partial charge < -0.3 is 10.5 Å². The topological polar surface area (TPSA) is 48.1 Å². The highest BCUT2D eigenvalue weighted by Crippen LogP contribution is 2.33. The van der Waals surface area contributed by atoms with Gasteiger partial charge in [-0.05, 0) is 44.9 Å². The zero-order chi connectivity index (χ0) is 13.9. The average Bonchev–Trinajstić information content (AvgIpc) is 2.47. The number of halogens is 1. The molecule has 2 N–H and O–H groups in total. The maximum absolute atomic E-state index is 5.82. The Labute approximate surface area is 125 Å². The molecule has 3 nitrogen and oxygen atoms in total. The normalized spacial score (nSPS) is 10.7. The van der Waals surface area contributed by atoms with Crippen LogP contribution in [0.15, 0.2) is 59.2 Å². The summed E-state index contributed by atoms with van der Waals surface area (Å²) in [6.07, 6.45) is 1.68. The number of anilines is 1. The van der Waals surface area contributed by atoms with E-state index in [9.17, 15) is 0 Å². The molecule has 4 heteroatoms. The largest absolute Gasteiger partial charge is 0.486 e. The first-order valence-electron chi connectivity index (χ1n) is 6.24. The second-order valence-corrected chi connectivity index (χ2v) is 5.26. The molecule has 0 bridgehead atoms. The number of rotatable bonds is 3. The molecule has 0 saturated carbocycles. The number of hydrogen-bond acceptors (Lipinski definition) is 3. The number of aromatic nitrogens is 1. The maximum atomic E-state index is 5.82. The van der Waals surface area contributed by atoms with Gasteiger partial charge in [-0.2, -0.15) is 0 Å². The smallest absolute Gasteiger partial charge is 0.134 e. The molecule has 2 aromatic carbocycles. The minimum absolute atomic E-state index is 0.391. The number of ether oxygens (including phenoxy) is 1. The summed E-state index contributed by atoms with van der Waals surface area (Å²) in [5, 5.41) is 2.30. The van der Waals surface area contributed by atoms with Crippen molar-refractivity contribution in [2.45, 2.75) is 6.61 Å². The highest BCUT2D eigenvalue weighted by molar-refractivity contribution is 9.10. The molecule has 0 spiro atoms. The van der Waals surface area contributed by atoms with E-state index in [0.29, 0.717) is 12.3 Å². The van der Waals surface area contributed by atoms with E-state index in [2.05, 4.69) is 33.0 Å². The zero-order valence-electron chi connectivity index (χ0n) is 10.7. The lowest BCUT2D eigenvalue weighted by atomic mass is 10.1. The van der Waals surface area contributed by atoms with Crippen LogP contribution in [0.5, 0.6) is 5.75 Å². The van der Waals surface area contributed by atoms with Crippen molar-refractivity contribution in [3.8, 4) is 5.75 Å². The molecule has 3 rings (SSSR count). The molecule has 0 aliphatic carbocycles. The molecule has 0 saturated heterocycles. The molecule has 0 fully saturated rings. The van der Waals surface area contributed by atoms with Gasteiger partial charge in [0.25, 0.3) is 0 Å². The molecule has 20 heavy (non-hydrogen) atoms. The first-order chi connectivity index (χ1) is 9.74. The molecule has 3 aromatic rings. The van der Waals surface area contributed by atoms with Gasteiger partial charge in [-0.1, -0.05) is 30.3 Å². The molecule has 1 aromatic heterocycles. The van der Waals surface area contributed by atoms with E-state index in [4.69, 9.17) is 10.5 Å². The van der Waals surface area contributed by atoms with Gasteiger partial charge in [-0.25, -0.2) is 0 Å². The van der Waals surface area contributed by atoms with Gasteiger partial charge in [-0.3, -0.25) is 4.98 Å². The number of nitrogens with two attached hydrogens (primary N) is 1. The monoisotopic (exact) mass is 328 g/mol. The van der Waals surface area contributed by atoms with Gasteiger partial charge >= 0.3 is 0 Å². The molecule has 0 atom stereocenters. The van der Waals surface area contributed by atoms with Gasteiger partial charge in [0.1, 0.15) is 12.4 Å². The van der Waals surface area contributed by atoms with Crippen LogP contribution in [-0.2, 0) is 6.61 Å². The van der Waals surface area contributed by atoms with E-state index in [0.717, 1.165) is 21.3 Å². The zero-order valence-corrected chi connectivity index (χ0v) is 12.3. The average molecular weight is 329 g/mol. The highest BCUT2D eigenvalue weighted by Gasteiger charge is 2.06. The van der Waals surface area contributed by atoms with Crippen molar-refractivity contribution in [3.63, 3.8) is 0 Å². The number of benzene rings is 2. The second-order valence-electron chi connectivity index (χ2n) is 4.47. The van der Waals surface area contributed by atoms with E-state index in [1.54, 1.807) is 12.3 Å². The Kier molecular flexibility index (Phi) is 3.56. The van der Waals surface area contributed by atoms with Crippen molar-refractivity contribution < 1.29 is 4.74 Å². The fourth-order valence-electron chi connectivity index (χ4n) is 2.05.